The summed E-state index contributed by atoms with van der Waals surface area (Å²) in [6.07, 6.45) is 0. The van der Waals surface area contributed by atoms with Crippen molar-refractivity contribution in [2.24, 2.45) is 0 Å². The van der Waals surface area contributed by atoms with Crippen LogP contribution in [-0.4, -0.2) is 5.40 Å². The van der Waals surface area contributed by atoms with Crippen molar-refractivity contribution in [1.29, 1.82) is 0 Å². The fraction of sp³-hybridized carbons (Fsp3) is 0.167. The van der Waals surface area contributed by atoms with Crippen molar-refractivity contribution in [3.63, 3.8) is 0 Å². The largest absolute Gasteiger partial charge is 0.117 e. The second kappa shape index (κ2) is 9.75. The minimum atomic E-state index is 0.178. The molecule has 0 aliphatic rings. The Labute approximate surface area is 90.4 Å². The second-order valence-corrected chi connectivity index (χ2v) is 4.13. The molecule has 2 atom stereocenters. The number of rotatable bonds is 0. The summed E-state index contributed by atoms with van der Waals surface area (Å²) in [5.41, 5.74) is 0. The van der Waals surface area contributed by atoms with Gasteiger partial charge in [0.2, 0.25) is 0 Å². The Hall–Kier alpha value is -1.34. The lowest BCUT2D eigenvalue weighted by Crippen LogP contribution is -1.71. The first kappa shape index (κ1) is 12.7. The van der Waals surface area contributed by atoms with Crippen LogP contribution in [-0.2, 0) is 0 Å². The lowest BCUT2D eigenvalue weighted by molar-refractivity contribution is 1.81. The third kappa shape index (κ3) is 10.7. The maximum Gasteiger partial charge on any atom is 0.0493 e. The van der Waals surface area contributed by atoms with Gasteiger partial charge in [-0.15, -0.1) is 18.5 Å². The molecule has 0 N–H and O–H groups in total. The first-order valence-corrected chi connectivity index (χ1v) is 5.04. The van der Waals surface area contributed by atoms with Crippen LogP contribution >= 0.6 is 18.5 Å². The van der Waals surface area contributed by atoms with Crippen LogP contribution in [0.1, 0.15) is 6.92 Å². The van der Waals surface area contributed by atoms with Gasteiger partial charge in [-0.3, -0.25) is 0 Å². The Morgan fingerprint density at radius 1 is 0.714 bits per heavy atom. The van der Waals surface area contributed by atoms with Gasteiger partial charge in [-0.2, -0.15) is 0 Å². The lowest BCUT2D eigenvalue weighted by Gasteiger charge is -1.82. The molecule has 0 saturated heterocycles. The zero-order valence-electron chi connectivity index (χ0n) is 7.73. The Kier molecular flexibility index (Phi) is 8.81. The molecule has 0 rings (SSSR count). The minimum absolute atomic E-state index is 0.178. The summed E-state index contributed by atoms with van der Waals surface area (Å²) in [5, 5.41) is 0.178. The average molecular weight is 214 g/mol. The summed E-state index contributed by atoms with van der Waals surface area (Å²) >= 11 is 0. The highest BCUT2D eigenvalue weighted by molar-refractivity contribution is 7.38. The van der Waals surface area contributed by atoms with Gasteiger partial charge in [-0.05, 0) is 54.3 Å². The van der Waals surface area contributed by atoms with Gasteiger partial charge in [-0.1, -0.05) is 11.8 Å². The summed E-state index contributed by atoms with van der Waals surface area (Å²) in [7, 11) is 5.07. The van der Waals surface area contributed by atoms with Crippen LogP contribution in [0.5, 0.6) is 0 Å². The van der Waals surface area contributed by atoms with Gasteiger partial charge >= 0.3 is 0 Å². The van der Waals surface area contributed by atoms with Crippen molar-refractivity contribution in [3.05, 3.63) is 0 Å². The molecule has 0 aromatic carbocycles. The quantitative estimate of drug-likeness (QED) is 0.418. The van der Waals surface area contributed by atoms with Gasteiger partial charge in [0.25, 0.3) is 0 Å². The Morgan fingerprint density at radius 2 is 1.14 bits per heavy atom. The lowest BCUT2D eigenvalue weighted by atomic mass is 10.5. The maximum atomic E-state index is 2.83. The summed E-state index contributed by atoms with van der Waals surface area (Å²) < 4.78 is 0. The van der Waals surface area contributed by atoms with Crippen LogP contribution in [0.2, 0.25) is 0 Å². The van der Waals surface area contributed by atoms with Gasteiger partial charge < -0.3 is 0 Å². The molecule has 0 fully saturated rings. The third-order valence-electron chi connectivity index (χ3n) is 0.801. The van der Waals surface area contributed by atoms with E-state index in [1.165, 1.54) is 0 Å². The van der Waals surface area contributed by atoms with E-state index in [1.54, 1.807) is 6.92 Å². The molecule has 0 heterocycles. The topological polar surface area (TPSA) is 0 Å². The van der Waals surface area contributed by atoms with Crippen LogP contribution in [0.15, 0.2) is 0 Å². The second-order valence-electron chi connectivity index (χ2n) is 1.92. The van der Waals surface area contributed by atoms with E-state index in [9.17, 15) is 0 Å². The molecule has 0 aromatic rings. The Morgan fingerprint density at radius 3 is 1.57 bits per heavy atom. The molecule has 0 nitrogen and oxygen atoms in total. The van der Waals surface area contributed by atoms with Gasteiger partial charge in [0.05, 0.1) is 0 Å². The molecule has 2 heteroatoms. The monoisotopic (exact) mass is 214 g/mol. The van der Waals surface area contributed by atoms with E-state index in [2.05, 4.69) is 77.7 Å². The van der Waals surface area contributed by atoms with E-state index >= 15 is 0 Å². The van der Waals surface area contributed by atoms with E-state index in [4.69, 9.17) is 0 Å². The molecular weight excluding hydrogens is 206 g/mol. The molecule has 0 aromatic heterocycles. The van der Waals surface area contributed by atoms with Crippen LogP contribution < -0.4 is 0 Å². The Balaban J connectivity index is 4.12. The van der Waals surface area contributed by atoms with E-state index in [1.807, 2.05) is 0 Å². The first-order valence-electron chi connectivity index (χ1n) is 3.71. The van der Waals surface area contributed by atoms with Crippen LogP contribution in [0, 0.1) is 59.2 Å². The number of hydrogen-bond donors (Lipinski definition) is 0. The fourth-order valence-corrected chi connectivity index (χ4v) is 0.536. The molecule has 0 saturated carbocycles. The van der Waals surface area contributed by atoms with Crippen molar-refractivity contribution < 1.29 is 0 Å². The van der Waals surface area contributed by atoms with Crippen molar-refractivity contribution >= 4 is 18.5 Å². The molecular formula is C12H8P2. The normalized spacial score (nSPS) is 5.43. The van der Waals surface area contributed by atoms with Crippen LogP contribution in [0.25, 0.3) is 0 Å². The summed E-state index contributed by atoms with van der Waals surface area (Å²) in [4.78, 5) is 0. The molecule has 0 amide bonds. The summed E-state index contributed by atoms with van der Waals surface area (Å²) in [6, 6.07) is 0. The van der Waals surface area contributed by atoms with E-state index in [-0.39, 0.29) is 5.40 Å². The van der Waals surface area contributed by atoms with Crippen molar-refractivity contribution in [1.82, 2.24) is 0 Å². The zero-order valence-corrected chi connectivity index (χ0v) is 10.0. The fourth-order valence-electron chi connectivity index (χ4n) is 0.369. The molecule has 2 unspecified atom stereocenters. The molecule has 0 radical (unpaired) electrons. The van der Waals surface area contributed by atoms with Crippen molar-refractivity contribution in [3.8, 4) is 59.2 Å². The predicted octanol–water partition coefficient (Wildman–Crippen LogP) is 1.10. The standard InChI is InChI=1S/C12H8P2/c1-2-3-4-5-6-7-8-9-10-11-12(13)14/h12H,13-14H2,1H3. The predicted molar refractivity (Wildman–Crippen MR) is 67.8 cm³/mol. The highest BCUT2D eigenvalue weighted by Crippen LogP contribution is 2.04. The van der Waals surface area contributed by atoms with Crippen LogP contribution in [0.3, 0.4) is 0 Å². The molecule has 0 aliphatic heterocycles. The average Bonchev–Trinajstić information content (AvgIpc) is 2.15. The highest BCUT2D eigenvalue weighted by atomic mass is 31.1. The van der Waals surface area contributed by atoms with Gasteiger partial charge in [0, 0.05) is 5.40 Å². The third-order valence-corrected chi connectivity index (χ3v) is 1.13. The Bertz CT molecular complexity index is 471. The SMILES string of the molecule is CC#CC#CC#CC#CC#CC(P)P. The smallest absolute Gasteiger partial charge is 0.0493 e. The molecule has 0 aliphatic carbocycles. The molecule has 14 heavy (non-hydrogen) atoms. The summed E-state index contributed by atoms with van der Waals surface area (Å²) in [6.45, 7) is 1.72. The van der Waals surface area contributed by atoms with E-state index in [0.717, 1.165) is 0 Å². The zero-order chi connectivity index (χ0) is 10.6. The molecule has 0 bridgehead atoms. The molecule has 66 valence electrons. The van der Waals surface area contributed by atoms with Crippen molar-refractivity contribution in [2.75, 3.05) is 0 Å². The van der Waals surface area contributed by atoms with Gasteiger partial charge in [-0.25, -0.2) is 0 Å². The summed E-state index contributed by atoms with van der Waals surface area (Å²) in [5.74, 6) is 26.0. The molecule has 0 spiro atoms. The van der Waals surface area contributed by atoms with Gasteiger partial charge in [0.1, 0.15) is 0 Å². The van der Waals surface area contributed by atoms with E-state index in [0.29, 0.717) is 0 Å². The van der Waals surface area contributed by atoms with Gasteiger partial charge in [0.15, 0.2) is 0 Å². The highest BCUT2D eigenvalue weighted by Gasteiger charge is 1.77. The first-order chi connectivity index (χ1) is 6.77. The minimum Gasteiger partial charge on any atom is -0.117 e. The van der Waals surface area contributed by atoms with Crippen molar-refractivity contribution in [2.45, 2.75) is 12.3 Å². The van der Waals surface area contributed by atoms with Crippen LogP contribution in [0.4, 0.5) is 0 Å². The number of hydrogen-bond acceptors (Lipinski definition) is 0. The maximum absolute atomic E-state index is 2.83. The van der Waals surface area contributed by atoms with E-state index < -0.39 is 0 Å².